The van der Waals surface area contributed by atoms with E-state index < -0.39 is 0 Å². The Kier molecular flexibility index (Phi) is 6.30. The number of nitrogens with one attached hydrogen (secondary N) is 2. The average Bonchev–Trinajstić information content (AvgIpc) is 2.85. The van der Waals surface area contributed by atoms with Gasteiger partial charge in [-0.15, -0.1) is 0 Å². The molecule has 0 aliphatic rings. The molecule has 1 heterocycles. The fourth-order valence-electron chi connectivity index (χ4n) is 2.52. The number of hydrogen-bond donors (Lipinski definition) is 2. The van der Waals surface area contributed by atoms with E-state index in [1.54, 1.807) is 31.4 Å². The van der Waals surface area contributed by atoms with Crippen molar-refractivity contribution >= 4 is 17.5 Å². The van der Waals surface area contributed by atoms with E-state index in [2.05, 4.69) is 15.7 Å². The topological polar surface area (TPSA) is 85.2 Å². The van der Waals surface area contributed by atoms with Crippen LogP contribution < -0.4 is 10.6 Å². The van der Waals surface area contributed by atoms with Crippen LogP contribution in [0.5, 0.6) is 0 Å². The van der Waals surface area contributed by atoms with Gasteiger partial charge in [0.2, 0.25) is 0 Å². The Morgan fingerprint density at radius 2 is 1.88 bits per heavy atom. The number of anilines is 1. The maximum absolute atomic E-state index is 12.1. The Morgan fingerprint density at radius 1 is 1.20 bits per heavy atom. The number of aryl methyl sites for hydroxylation is 1. The van der Waals surface area contributed by atoms with Gasteiger partial charge in [-0.1, -0.05) is 0 Å². The van der Waals surface area contributed by atoms with Crippen LogP contribution in [0.1, 0.15) is 34.2 Å². The van der Waals surface area contributed by atoms with Crippen molar-refractivity contribution in [1.29, 1.82) is 0 Å². The lowest BCUT2D eigenvalue weighted by atomic mass is 10.1. The summed E-state index contributed by atoms with van der Waals surface area (Å²) in [5.74, 6) is -0.00700. The summed E-state index contributed by atoms with van der Waals surface area (Å²) in [6, 6.07) is 6.47. The number of hydrogen-bond acceptors (Lipinski definition) is 4. The largest absolute Gasteiger partial charge is 0.383 e. The number of carbonyl (C=O) groups excluding carboxylic acids is 2. The third-order valence-corrected chi connectivity index (χ3v) is 4.01. The molecule has 0 radical (unpaired) electrons. The van der Waals surface area contributed by atoms with Gasteiger partial charge in [-0.2, -0.15) is 5.10 Å². The lowest BCUT2D eigenvalue weighted by Gasteiger charge is -2.09. The average molecular weight is 344 g/mol. The first kappa shape index (κ1) is 18.7. The second-order valence-corrected chi connectivity index (χ2v) is 5.81. The molecule has 7 heteroatoms. The first-order valence-electron chi connectivity index (χ1n) is 8.10. The Hall–Kier alpha value is -2.67. The minimum absolute atomic E-state index is 0.00700. The smallest absolute Gasteiger partial charge is 0.319 e. The predicted octanol–water partition coefficient (Wildman–Crippen LogP) is 2.67. The standard InChI is InChI=1S/C18H24N4O3/c1-12-17(13(2)22(21-12)9-10-25-4)11-19-18(24)20-16-7-5-15(6-8-16)14(3)23/h5-8H,9-11H2,1-4H3,(H2,19,20,24). The van der Waals surface area contributed by atoms with Gasteiger partial charge < -0.3 is 15.4 Å². The molecule has 2 aromatic rings. The molecule has 0 aliphatic carbocycles. The van der Waals surface area contributed by atoms with Crippen LogP contribution in [0.2, 0.25) is 0 Å². The zero-order valence-corrected chi connectivity index (χ0v) is 15.0. The molecule has 0 saturated carbocycles. The normalized spacial score (nSPS) is 10.6. The van der Waals surface area contributed by atoms with Crippen LogP contribution in [-0.2, 0) is 17.8 Å². The molecule has 134 valence electrons. The number of carbonyl (C=O) groups is 2. The highest BCUT2D eigenvalue weighted by atomic mass is 16.5. The molecule has 0 aliphatic heterocycles. The van der Waals surface area contributed by atoms with E-state index in [0.29, 0.717) is 30.9 Å². The van der Waals surface area contributed by atoms with Crippen molar-refractivity contribution in [3.63, 3.8) is 0 Å². The van der Waals surface area contributed by atoms with Crippen LogP contribution in [0.3, 0.4) is 0 Å². The fraction of sp³-hybridized carbons (Fsp3) is 0.389. The van der Waals surface area contributed by atoms with Crippen molar-refractivity contribution in [3.8, 4) is 0 Å². The monoisotopic (exact) mass is 344 g/mol. The summed E-state index contributed by atoms with van der Waals surface area (Å²) in [6.07, 6.45) is 0. The van der Waals surface area contributed by atoms with Crippen LogP contribution in [0.4, 0.5) is 10.5 Å². The van der Waals surface area contributed by atoms with E-state index in [-0.39, 0.29) is 11.8 Å². The van der Waals surface area contributed by atoms with Crippen molar-refractivity contribution in [2.75, 3.05) is 19.0 Å². The van der Waals surface area contributed by atoms with E-state index in [9.17, 15) is 9.59 Å². The molecule has 0 atom stereocenters. The lowest BCUT2D eigenvalue weighted by Crippen LogP contribution is -2.28. The van der Waals surface area contributed by atoms with Crippen molar-refractivity contribution in [2.45, 2.75) is 33.9 Å². The van der Waals surface area contributed by atoms with Gasteiger partial charge in [0, 0.05) is 36.2 Å². The third-order valence-electron chi connectivity index (χ3n) is 4.01. The number of ether oxygens (including phenoxy) is 1. The summed E-state index contributed by atoms with van der Waals surface area (Å²) >= 11 is 0. The van der Waals surface area contributed by atoms with E-state index in [1.165, 1.54) is 6.92 Å². The molecule has 0 unspecified atom stereocenters. The summed E-state index contributed by atoms with van der Waals surface area (Å²) in [4.78, 5) is 23.3. The zero-order chi connectivity index (χ0) is 18.4. The van der Waals surface area contributed by atoms with Crippen LogP contribution >= 0.6 is 0 Å². The third kappa shape index (κ3) is 4.90. The number of rotatable bonds is 7. The maximum atomic E-state index is 12.1. The number of Topliss-reactive ketones (excluding diaryl/α,β-unsaturated/α-hetero) is 1. The molecule has 7 nitrogen and oxygen atoms in total. The van der Waals surface area contributed by atoms with Crippen molar-refractivity contribution in [2.24, 2.45) is 0 Å². The number of benzene rings is 1. The second kappa shape index (κ2) is 8.43. The molecular formula is C18H24N4O3. The molecular weight excluding hydrogens is 320 g/mol. The number of methoxy groups -OCH3 is 1. The first-order chi connectivity index (χ1) is 11.9. The van der Waals surface area contributed by atoms with Crippen LogP contribution in [0.15, 0.2) is 24.3 Å². The molecule has 2 rings (SSSR count). The number of ketones is 1. The number of urea groups is 1. The van der Waals surface area contributed by atoms with Gasteiger partial charge in [0.15, 0.2) is 5.78 Å². The first-order valence-corrected chi connectivity index (χ1v) is 8.10. The number of amides is 2. The summed E-state index contributed by atoms with van der Waals surface area (Å²) in [5.41, 5.74) is 4.14. The van der Waals surface area contributed by atoms with Crippen LogP contribution in [0, 0.1) is 13.8 Å². The molecule has 0 bridgehead atoms. The zero-order valence-electron chi connectivity index (χ0n) is 15.0. The van der Waals surface area contributed by atoms with Crippen molar-refractivity contribution in [1.82, 2.24) is 15.1 Å². The molecule has 2 N–H and O–H groups in total. The van der Waals surface area contributed by atoms with E-state index in [1.807, 2.05) is 18.5 Å². The highest BCUT2D eigenvalue weighted by Crippen LogP contribution is 2.13. The Bertz CT molecular complexity index is 750. The Labute approximate surface area is 147 Å². The van der Waals surface area contributed by atoms with Gasteiger partial charge in [-0.3, -0.25) is 9.48 Å². The van der Waals surface area contributed by atoms with Crippen molar-refractivity contribution in [3.05, 3.63) is 46.8 Å². The summed E-state index contributed by atoms with van der Waals surface area (Å²) in [6.45, 7) is 7.06. The molecule has 0 spiro atoms. The van der Waals surface area contributed by atoms with Gasteiger partial charge >= 0.3 is 6.03 Å². The molecule has 0 fully saturated rings. The predicted molar refractivity (Wildman–Crippen MR) is 95.9 cm³/mol. The van der Waals surface area contributed by atoms with E-state index in [4.69, 9.17) is 4.74 Å². The number of aromatic nitrogens is 2. The Morgan fingerprint density at radius 3 is 2.48 bits per heavy atom. The molecule has 1 aromatic heterocycles. The SMILES string of the molecule is COCCn1nc(C)c(CNC(=O)Nc2ccc(C(C)=O)cc2)c1C. The van der Waals surface area contributed by atoms with Gasteiger partial charge in [-0.05, 0) is 45.0 Å². The van der Waals surface area contributed by atoms with Gasteiger partial charge in [-0.25, -0.2) is 4.79 Å². The number of nitrogens with zero attached hydrogens (tertiary/aromatic N) is 2. The molecule has 1 aromatic carbocycles. The Balaban J connectivity index is 1.93. The van der Waals surface area contributed by atoms with Crippen LogP contribution in [0.25, 0.3) is 0 Å². The highest BCUT2D eigenvalue weighted by Gasteiger charge is 2.12. The van der Waals surface area contributed by atoms with Gasteiger partial charge in [0.25, 0.3) is 0 Å². The second-order valence-electron chi connectivity index (χ2n) is 5.81. The minimum atomic E-state index is -0.306. The summed E-state index contributed by atoms with van der Waals surface area (Å²) < 4.78 is 6.96. The quantitative estimate of drug-likeness (QED) is 0.756. The van der Waals surface area contributed by atoms with Crippen LogP contribution in [-0.4, -0.2) is 35.3 Å². The molecule has 2 amide bonds. The van der Waals surface area contributed by atoms with Crippen molar-refractivity contribution < 1.29 is 14.3 Å². The minimum Gasteiger partial charge on any atom is -0.383 e. The highest BCUT2D eigenvalue weighted by molar-refractivity contribution is 5.95. The van der Waals surface area contributed by atoms with E-state index in [0.717, 1.165) is 17.0 Å². The van der Waals surface area contributed by atoms with Gasteiger partial charge in [0.1, 0.15) is 0 Å². The summed E-state index contributed by atoms with van der Waals surface area (Å²) in [5, 5.41) is 10.1. The maximum Gasteiger partial charge on any atom is 0.319 e. The molecule has 25 heavy (non-hydrogen) atoms. The fourth-order valence-corrected chi connectivity index (χ4v) is 2.52. The van der Waals surface area contributed by atoms with E-state index >= 15 is 0 Å². The molecule has 0 saturated heterocycles. The van der Waals surface area contributed by atoms with Gasteiger partial charge in [0.05, 0.1) is 18.8 Å². The lowest BCUT2D eigenvalue weighted by molar-refractivity contribution is 0.101. The summed E-state index contributed by atoms with van der Waals surface area (Å²) in [7, 11) is 1.65.